The van der Waals surface area contributed by atoms with E-state index in [0.717, 1.165) is 66.8 Å². The van der Waals surface area contributed by atoms with E-state index in [0.29, 0.717) is 0 Å². The standard InChI is InChI=1S/C54H34N4/c1-3-13-35(14-4-1)37-23-25-39(26-24-37)41-33-48(40-29-27-38(28-30-40)36-15-5-2-6-16-36)55-51(34-41)57-49-21-11-9-18-43(49)45-32-31-44-42-17-7-8-19-46(42)54-56-47-20-10-12-22-50(47)58(54)53(44)52(45)57/h1-34H. The molecule has 4 heterocycles. The van der Waals surface area contributed by atoms with Crippen molar-refractivity contribution >= 4 is 60.2 Å². The number of hydrogen-bond acceptors (Lipinski definition) is 2. The van der Waals surface area contributed by atoms with Crippen molar-refractivity contribution in [3.05, 3.63) is 206 Å². The molecule has 4 aromatic heterocycles. The van der Waals surface area contributed by atoms with E-state index in [1.165, 1.54) is 43.8 Å². The van der Waals surface area contributed by atoms with Gasteiger partial charge in [0, 0.05) is 27.1 Å². The average molecular weight is 739 g/mol. The minimum atomic E-state index is 0.858. The maximum atomic E-state index is 5.58. The number of fused-ring (bicyclic) bond motifs is 12. The Balaban J connectivity index is 1.17. The van der Waals surface area contributed by atoms with Crippen LogP contribution in [0.25, 0.3) is 111 Å². The Morgan fingerprint density at radius 1 is 0.310 bits per heavy atom. The van der Waals surface area contributed by atoms with Crippen molar-refractivity contribution in [1.29, 1.82) is 0 Å². The zero-order valence-electron chi connectivity index (χ0n) is 31.4. The van der Waals surface area contributed by atoms with E-state index < -0.39 is 0 Å². The quantitative estimate of drug-likeness (QED) is 0.165. The molecule has 0 fully saturated rings. The molecule has 0 aliphatic heterocycles. The molecule has 8 aromatic carbocycles. The largest absolute Gasteiger partial charge is 0.292 e. The third-order valence-electron chi connectivity index (χ3n) is 11.7. The highest BCUT2D eigenvalue weighted by Crippen LogP contribution is 2.42. The van der Waals surface area contributed by atoms with Crippen molar-refractivity contribution in [2.45, 2.75) is 0 Å². The normalized spacial score (nSPS) is 11.8. The summed E-state index contributed by atoms with van der Waals surface area (Å²) < 4.78 is 4.76. The van der Waals surface area contributed by atoms with E-state index in [-0.39, 0.29) is 0 Å². The first-order valence-electron chi connectivity index (χ1n) is 19.7. The second-order valence-electron chi connectivity index (χ2n) is 15.0. The van der Waals surface area contributed by atoms with E-state index in [1.807, 2.05) is 0 Å². The van der Waals surface area contributed by atoms with Gasteiger partial charge in [-0.3, -0.25) is 8.97 Å². The number of rotatable bonds is 5. The van der Waals surface area contributed by atoms with Gasteiger partial charge in [-0.1, -0.05) is 176 Å². The second-order valence-corrected chi connectivity index (χ2v) is 15.0. The fraction of sp³-hybridized carbons (Fsp3) is 0. The summed E-state index contributed by atoms with van der Waals surface area (Å²) in [6.45, 7) is 0. The molecule has 0 bridgehead atoms. The first-order valence-corrected chi connectivity index (χ1v) is 19.7. The van der Waals surface area contributed by atoms with Crippen LogP contribution in [0.4, 0.5) is 0 Å². The molecule has 0 atom stereocenters. The van der Waals surface area contributed by atoms with Gasteiger partial charge in [0.25, 0.3) is 0 Å². The van der Waals surface area contributed by atoms with Gasteiger partial charge < -0.3 is 0 Å². The number of para-hydroxylation sites is 3. The van der Waals surface area contributed by atoms with Crippen molar-refractivity contribution in [3.63, 3.8) is 0 Å². The molecular weight excluding hydrogens is 705 g/mol. The third kappa shape index (κ3) is 5.02. The van der Waals surface area contributed by atoms with E-state index in [1.54, 1.807) is 0 Å². The highest BCUT2D eigenvalue weighted by atomic mass is 15.1. The molecule has 0 radical (unpaired) electrons. The molecule has 0 amide bonds. The Morgan fingerprint density at radius 3 is 1.48 bits per heavy atom. The molecule has 12 rings (SSSR count). The van der Waals surface area contributed by atoms with Gasteiger partial charge in [0.15, 0.2) is 0 Å². The number of imidazole rings is 1. The topological polar surface area (TPSA) is 35.1 Å². The number of benzene rings is 8. The molecule has 0 aliphatic rings. The summed E-state index contributed by atoms with van der Waals surface area (Å²) >= 11 is 0. The lowest BCUT2D eigenvalue weighted by atomic mass is 9.98. The average Bonchev–Trinajstić information content (AvgIpc) is 3.86. The van der Waals surface area contributed by atoms with Gasteiger partial charge in [-0.25, -0.2) is 9.97 Å². The van der Waals surface area contributed by atoms with E-state index in [4.69, 9.17) is 9.97 Å². The first kappa shape index (κ1) is 32.4. The van der Waals surface area contributed by atoms with E-state index in [2.05, 4.69) is 215 Å². The summed E-state index contributed by atoms with van der Waals surface area (Å²) in [7, 11) is 0. The molecule has 270 valence electrons. The van der Waals surface area contributed by atoms with Gasteiger partial charge in [-0.2, -0.15) is 0 Å². The van der Waals surface area contributed by atoms with Crippen molar-refractivity contribution in [2.24, 2.45) is 0 Å². The number of nitrogens with zero attached hydrogens (tertiary/aromatic N) is 4. The Labute approximate surface area is 334 Å². The number of hydrogen-bond donors (Lipinski definition) is 0. The molecule has 58 heavy (non-hydrogen) atoms. The highest BCUT2D eigenvalue weighted by molar-refractivity contribution is 6.24. The van der Waals surface area contributed by atoms with Crippen LogP contribution in [0, 0.1) is 0 Å². The maximum Gasteiger partial charge on any atom is 0.146 e. The minimum Gasteiger partial charge on any atom is -0.292 e. The Bertz CT molecular complexity index is 3420. The van der Waals surface area contributed by atoms with Crippen LogP contribution >= 0.6 is 0 Å². The Morgan fingerprint density at radius 2 is 0.810 bits per heavy atom. The lowest BCUT2D eigenvalue weighted by Gasteiger charge is -2.16. The van der Waals surface area contributed by atoms with Gasteiger partial charge in [0.1, 0.15) is 11.5 Å². The molecule has 4 nitrogen and oxygen atoms in total. The van der Waals surface area contributed by atoms with Crippen LogP contribution in [0.3, 0.4) is 0 Å². The van der Waals surface area contributed by atoms with Gasteiger partial charge in [0.05, 0.1) is 33.3 Å². The monoisotopic (exact) mass is 738 g/mol. The van der Waals surface area contributed by atoms with Gasteiger partial charge >= 0.3 is 0 Å². The van der Waals surface area contributed by atoms with Crippen LogP contribution < -0.4 is 0 Å². The van der Waals surface area contributed by atoms with Crippen molar-refractivity contribution in [1.82, 2.24) is 18.9 Å². The molecule has 0 spiro atoms. The Hall–Kier alpha value is -7.82. The SMILES string of the molecule is c1ccc(-c2ccc(-c3cc(-c4ccc(-c5ccccc5)cc4)nc(-n4c5ccccc5c5ccc6c7ccccc7c7nc8ccccc8n7c6c54)c3)cc2)cc1. The first-order chi connectivity index (χ1) is 28.8. The zero-order chi connectivity index (χ0) is 38.2. The summed E-state index contributed by atoms with van der Waals surface area (Å²) in [5, 5.41) is 5.84. The summed E-state index contributed by atoms with van der Waals surface area (Å²) in [5.41, 5.74) is 15.3. The van der Waals surface area contributed by atoms with Gasteiger partial charge in [0.2, 0.25) is 0 Å². The number of aromatic nitrogens is 4. The predicted octanol–water partition coefficient (Wildman–Crippen LogP) is 14.0. The highest BCUT2D eigenvalue weighted by Gasteiger charge is 2.22. The van der Waals surface area contributed by atoms with Gasteiger partial charge in [-0.15, -0.1) is 0 Å². The molecular formula is C54H34N4. The van der Waals surface area contributed by atoms with E-state index >= 15 is 0 Å². The third-order valence-corrected chi connectivity index (χ3v) is 11.7. The summed E-state index contributed by atoms with van der Waals surface area (Å²) in [6, 6.07) is 73.8. The van der Waals surface area contributed by atoms with Crippen molar-refractivity contribution in [2.75, 3.05) is 0 Å². The molecule has 0 unspecified atom stereocenters. The molecule has 4 heteroatoms. The lowest BCUT2D eigenvalue weighted by molar-refractivity contribution is 1.08. The maximum absolute atomic E-state index is 5.58. The van der Waals surface area contributed by atoms with Crippen molar-refractivity contribution < 1.29 is 0 Å². The van der Waals surface area contributed by atoms with Crippen LogP contribution in [0.1, 0.15) is 0 Å². The van der Waals surface area contributed by atoms with Gasteiger partial charge in [-0.05, 0) is 69.1 Å². The minimum absolute atomic E-state index is 0.858. The number of pyridine rings is 2. The van der Waals surface area contributed by atoms with Crippen LogP contribution in [0.15, 0.2) is 206 Å². The molecule has 0 aliphatic carbocycles. The van der Waals surface area contributed by atoms with Crippen LogP contribution in [-0.4, -0.2) is 18.9 Å². The summed E-state index contributed by atoms with van der Waals surface area (Å²) in [6.07, 6.45) is 0. The molecule has 0 saturated carbocycles. The fourth-order valence-electron chi connectivity index (χ4n) is 8.96. The molecule has 0 N–H and O–H groups in total. The summed E-state index contributed by atoms with van der Waals surface area (Å²) in [5.74, 6) is 0.858. The zero-order valence-corrected chi connectivity index (χ0v) is 31.4. The van der Waals surface area contributed by atoms with Crippen LogP contribution in [0.2, 0.25) is 0 Å². The fourth-order valence-corrected chi connectivity index (χ4v) is 8.96. The predicted molar refractivity (Wildman–Crippen MR) is 242 cm³/mol. The summed E-state index contributed by atoms with van der Waals surface area (Å²) in [4.78, 5) is 10.8. The Kier molecular flexibility index (Phi) is 7.20. The second kappa shape index (κ2) is 12.9. The van der Waals surface area contributed by atoms with E-state index in [9.17, 15) is 0 Å². The molecule has 12 aromatic rings. The smallest absolute Gasteiger partial charge is 0.146 e. The van der Waals surface area contributed by atoms with Crippen LogP contribution in [0.5, 0.6) is 0 Å². The van der Waals surface area contributed by atoms with Crippen LogP contribution in [-0.2, 0) is 0 Å². The lowest BCUT2D eigenvalue weighted by Crippen LogP contribution is -2.02. The van der Waals surface area contributed by atoms with Crippen molar-refractivity contribution in [3.8, 4) is 50.5 Å². The molecule has 0 saturated heterocycles.